The first-order valence-electron chi connectivity index (χ1n) is 7.06. The Labute approximate surface area is 115 Å². The van der Waals surface area contributed by atoms with Crippen molar-refractivity contribution in [2.45, 2.75) is 39.3 Å². The highest BCUT2D eigenvalue weighted by Crippen LogP contribution is 2.20. The van der Waals surface area contributed by atoms with E-state index in [1.54, 1.807) is 7.11 Å². The second-order valence-electron chi connectivity index (χ2n) is 5.41. The Kier molecular flexibility index (Phi) is 5.22. The number of nitrogens with one attached hydrogen (secondary N) is 1. The average Bonchev–Trinajstić information content (AvgIpc) is 2.71. The van der Waals surface area contributed by atoms with Gasteiger partial charge in [-0.3, -0.25) is 0 Å². The molecular formula is C14H25N3O2. The lowest BCUT2D eigenvalue weighted by molar-refractivity contribution is 0.0614. The van der Waals surface area contributed by atoms with Crippen molar-refractivity contribution in [2.24, 2.45) is 5.92 Å². The summed E-state index contributed by atoms with van der Waals surface area (Å²) in [6.07, 6.45) is 4.41. The van der Waals surface area contributed by atoms with E-state index in [0.29, 0.717) is 12.5 Å². The number of ether oxygens (including phenoxy) is 2. The van der Waals surface area contributed by atoms with Crippen molar-refractivity contribution in [3.05, 3.63) is 11.9 Å². The normalized spacial score (nSPS) is 18.5. The summed E-state index contributed by atoms with van der Waals surface area (Å²) >= 11 is 0. The summed E-state index contributed by atoms with van der Waals surface area (Å²) in [6, 6.07) is 0.264. The average molecular weight is 267 g/mol. The molecule has 0 aliphatic carbocycles. The van der Waals surface area contributed by atoms with Gasteiger partial charge in [0.25, 0.3) is 0 Å². The largest absolute Gasteiger partial charge is 0.383 e. The molecule has 1 aliphatic rings. The maximum atomic E-state index is 5.41. The van der Waals surface area contributed by atoms with Crippen LogP contribution in [0.1, 0.15) is 25.5 Å². The van der Waals surface area contributed by atoms with Gasteiger partial charge in [-0.15, -0.1) is 0 Å². The van der Waals surface area contributed by atoms with E-state index in [2.05, 4.69) is 28.0 Å². The molecule has 1 fully saturated rings. The Morgan fingerprint density at radius 2 is 2.26 bits per heavy atom. The summed E-state index contributed by atoms with van der Waals surface area (Å²) in [5.74, 6) is 1.65. The molecule has 1 saturated heterocycles. The highest BCUT2D eigenvalue weighted by Gasteiger charge is 2.17. The van der Waals surface area contributed by atoms with Gasteiger partial charge in [-0.05, 0) is 32.6 Å². The summed E-state index contributed by atoms with van der Waals surface area (Å²) in [5.41, 5.74) is 1.05. The molecule has 1 aliphatic heterocycles. The van der Waals surface area contributed by atoms with Crippen molar-refractivity contribution in [3.8, 4) is 0 Å². The fourth-order valence-electron chi connectivity index (χ4n) is 2.52. The third kappa shape index (κ3) is 4.21. The molecular weight excluding hydrogens is 242 g/mol. The van der Waals surface area contributed by atoms with Crippen LogP contribution >= 0.6 is 0 Å². The Morgan fingerprint density at radius 3 is 2.95 bits per heavy atom. The highest BCUT2D eigenvalue weighted by molar-refractivity contribution is 5.30. The molecule has 2 rings (SSSR count). The Morgan fingerprint density at radius 1 is 1.53 bits per heavy atom. The van der Waals surface area contributed by atoms with Gasteiger partial charge in [0.05, 0.1) is 12.3 Å². The van der Waals surface area contributed by atoms with Crippen LogP contribution in [0.5, 0.6) is 0 Å². The molecule has 0 spiro atoms. The van der Waals surface area contributed by atoms with Crippen LogP contribution in [0.25, 0.3) is 0 Å². The maximum Gasteiger partial charge on any atom is 0.203 e. The predicted octanol–water partition coefficient (Wildman–Crippen LogP) is 2.06. The maximum absolute atomic E-state index is 5.41. The number of hydrogen-bond donors (Lipinski definition) is 1. The summed E-state index contributed by atoms with van der Waals surface area (Å²) in [4.78, 5) is 4.56. The van der Waals surface area contributed by atoms with Gasteiger partial charge in [-0.25, -0.2) is 4.98 Å². The lowest BCUT2D eigenvalue weighted by atomic mass is 10.0. The number of rotatable bonds is 6. The fraction of sp³-hybridized carbons (Fsp3) is 0.786. The third-order valence-electron chi connectivity index (χ3n) is 3.48. The van der Waals surface area contributed by atoms with Crippen LogP contribution in [0.4, 0.5) is 5.95 Å². The van der Waals surface area contributed by atoms with E-state index in [1.165, 1.54) is 0 Å². The lowest BCUT2D eigenvalue weighted by Gasteiger charge is -2.23. The number of imidazole rings is 1. The van der Waals surface area contributed by atoms with Crippen molar-refractivity contribution >= 4 is 5.95 Å². The zero-order valence-electron chi connectivity index (χ0n) is 12.2. The van der Waals surface area contributed by atoms with Gasteiger partial charge >= 0.3 is 0 Å². The standard InChI is InChI=1S/C14H25N3O2/c1-11-8-17(9-13-4-6-19-7-5-13)14(15-11)16-12(2)10-18-3/h8,12-13H,4-7,9-10H2,1-3H3,(H,15,16). The first kappa shape index (κ1) is 14.3. The summed E-state index contributed by atoms with van der Waals surface area (Å²) in [5, 5.41) is 3.42. The molecule has 5 nitrogen and oxygen atoms in total. The lowest BCUT2D eigenvalue weighted by Crippen LogP contribution is -2.25. The molecule has 1 atom stereocenters. The molecule has 1 aromatic heterocycles. The minimum Gasteiger partial charge on any atom is -0.383 e. The monoisotopic (exact) mass is 267 g/mol. The Balaban J connectivity index is 1.98. The number of methoxy groups -OCH3 is 1. The van der Waals surface area contributed by atoms with Crippen LogP contribution < -0.4 is 5.32 Å². The second-order valence-corrected chi connectivity index (χ2v) is 5.41. The van der Waals surface area contributed by atoms with E-state index in [0.717, 1.165) is 44.2 Å². The Hall–Kier alpha value is -1.07. The minimum absolute atomic E-state index is 0.264. The van der Waals surface area contributed by atoms with Crippen molar-refractivity contribution in [1.29, 1.82) is 0 Å². The molecule has 108 valence electrons. The number of aromatic nitrogens is 2. The molecule has 0 amide bonds. The SMILES string of the molecule is COCC(C)Nc1nc(C)cn1CC1CCOCC1. The van der Waals surface area contributed by atoms with E-state index in [-0.39, 0.29) is 6.04 Å². The Bertz CT molecular complexity index is 386. The molecule has 0 saturated carbocycles. The first-order chi connectivity index (χ1) is 9.19. The molecule has 19 heavy (non-hydrogen) atoms. The number of nitrogens with zero attached hydrogens (tertiary/aromatic N) is 2. The quantitative estimate of drug-likeness (QED) is 0.857. The van der Waals surface area contributed by atoms with Crippen LogP contribution in [0.15, 0.2) is 6.20 Å². The van der Waals surface area contributed by atoms with E-state index in [4.69, 9.17) is 9.47 Å². The molecule has 1 N–H and O–H groups in total. The van der Waals surface area contributed by atoms with Gasteiger partial charge in [-0.2, -0.15) is 0 Å². The van der Waals surface area contributed by atoms with E-state index in [9.17, 15) is 0 Å². The number of anilines is 1. The van der Waals surface area contributed by atoms with Gasteiger partial charge in [0, 0.05) is 39.1 Å². The van der Waals surface area contributed by atoms with Crippen molar-refractivity contribution in [2.75, 3.05) is 32.2 Å². The van der Waals surface area contributed by atoms with Gasteiger partial charge in [0.1, 0.15) is 0 Å². The van der Waals surface area contributed by atoms with Crippen molar-refractivity contribution in [1.82, 2.24) is 9.55 Å². The molecule has 1 unspecified atom stereocenters. The fourth-order valence-corrected chi connectivity index (χ4v) is 2.52. The van der Waals surface area contributed by atoms with E-state index >= 15 is 0 Å². The zero-order valence-corrected chi connectivity index (χ0v) is 12.2. The zero-order chi connectivity index (χ0) is 13.7. The van der Waals surface area contributed by atoms with Crippen LogP contribution in [0.2, 0.25) is 0 Å². The van der Waals surface area contributed by atoms with Crippen LogP contribution in [0, 0.1) is 12.8 Å². The smallest absolute Gasteiger partial charge is 0.203 e. The van der Waals surface area contributed by atoms with Crippen LogP contribution in [0.3, 0.4) is 0 Å². The molecule has 5 heteroatoms. The number of aryl methyl sites for hydroxylation is 1. The van der Waals surface area contributed by atoms with Gasteiger partial charge in [0.15, 0.2) is 0 Å². The van der Waals surface area contributed by atoms with Gasteiger partial charge in [0.2, 0.25) is 5.95 Å². The molecule has 2 heterocycles. The summed E-state index contributed by atoms with van der Waals surface area (Å²) in [7, 11) is 1.72. The minimum atomic E-state index is 0.264. The molecule has 0 bridgehead atoms. The third-order valence-corrected chi connectivity index (χ3v) is 3.48. The van der Waals surface area contributed by atoms with Gasteiger partial charge in [-0.1, -0.05) is 0 Å². The predicted molar refractivity (Wildman–Crippen MR) is 75.5 cm³/mol. The highest BCUT2D eigenvalue weighted by atomic mass is 16.5. The van der Waals surface area contributed by atoms with Crippen molar-refractivity contribution in [3.63, 3.8) is 0 Å². The van der Waals surface area contributed by atoms with Crippen molar-refractivity contribution < 1.29 is 9.47 Å². The van der Waals surface area contributed by atoms with Gasteiger partial charge < -0.3 is 19.4 Å². The molecule has 0 radical (unpaired) electrons. The molecule has 0 aromatic carbocycles. The molecule has 1 aromatic rings. The topological polar surface area (TPSA) is 48.3 Å². The van der Waals surface area contributed by atoms with E-state index < -0.39 is 0 Å². The number of hydrogen-bond acceptors (Lipinski definition) is 4. The second kappa shape index (κ2) is 6.91. The van der Waals surface area contributed by atoms with Crippen LogP contribution in [-0.4, -0.2) is 42.5 Å². The summed E-state index contributed by atoms with van der Waals surface area (Å²) in [6.45, 7) is 7.62. The first-order valence-corrected chi connectivity index (χ1v) is 7.06. The van der Waals surface area contributed by atoms with Crippen LogP contribution in [-0.2, 0) is 16.0 Å². The van der Waals surface area contributed by atoms with E-state index in [1.807, 2.05) is 6.92 Å². The summed E-state index contributed by atoms with van der Waals surface area (Å²) < 4.78 is 12.8.